The molecule has 1 aromatic rings. The highest BCUT2D eigenvalue weighted by Gasteiger charge is 2.26. The maximum Gasteiger partial charge on any atom is 0.0512 e. The van der Waals surface area contributed by atoms with Crippen molar-refractivity contribution >= 4 is 0 Å². The Morgan fingerprint density at radius 1 is 1.59 bits per heavy atom. The molecule has 1 N–H and O–H groups in total. The highest BCUT2D eigenvalue weighted by atomic mass is 16.5. The van der Waals surface area contributed by atoms with Gasteiger partial charge in [0.25, 0.3) is 0 Å². The first-order valence-electron chi connectivity index (χ1n) is 6.55. The summed E-state index contributed by atoms with van der Waals surface area (Å²) in [6, 6.07) is 4.59. The van der Waals surface area contributed by atoms with Crippen molar-refractivity contribution in [1.29, 1.82) is 0 Å². The number of nitrogens with one attached hydrogen (secondary N) is 1. The van der Waals surface area contributed by atoms with E-state index < -0.39 is 0 Å². The fraction of sp³-hybridized carbons (Fsp3) is 0.643. The van der Waals surface area contributed by atoms with E-state index in [9.17, 15) is 0 Å². The van der Waals surface area contributed by atoms with E-state index in [1.165, 1.54) is 18.4 Å². The first-order chi connectivity index (χ1) is 8.33. The van der Waals surface area contributed by atoms with Gasteiger partial charge >= 0.3 is 0 Å². The van der Waals surface area contributed by atoms with Gasteiger partial charge in [-0.05, 0) is 37.9 Å². The van der Waals surface area contributed by atoms with Gasteiger partial charge in [0.05, 0.1) is 6.61 Å². The minimum Gasteiger partial charge on any atom is -0.381 e. The maximum absolute atomic E-state index is 5.61. The van der Waals surface area contributed by atoms with E-state index in [0.29, 0.717) is 12.0 Å². The second-order valence-electron chi connectivity index (χ2n) is 4.69. The van der Waals surface area contributed by atoms with E-state index in [1.54, 1.807) is 0 Å². The lowest BCUT2D eigenvalue weighted by Gasteiger charge is -2.31. The highest BCUT2D eigenvalue weighted by molar-refractivity contribution is 5.23. The van der Waals surface area contributed by atoms with Crippen molar-refractivity contribution in [2.45, 2.75) is 32.7 Å². The molecule has 1 aromatic heterocycles. The molecule has 17 heavy (non-hydrogen) atoms. The normalized spacial score (nSPS) is 22.4. The van der Waals surface area contributed by atoms with Gasteiger partial charge in [-0.15, -0.1) is 0 Å². The van der Waals surface area contributed by atoms with Gasteiger partial charge in [0.2, 0.25) is 0 Å². The van der Waals surface area contributed by atoms with Crippen molar-refractivity contribution in [1.82, 2.24) is 10.3 Å². The molecular weight excluding hydrogens is 212 g/mol. The zero-order chi connectivity index (χ0) is 12.1. The molecule has 2 rings (SSSR count). The predicted octanol–water partition coefficient (Wildman–Crippen LogP) is 2.47. The van der Waals surface area contributed by atoms with Crippen molar-refractivity contribution in [2.24, 2.45) is 5.92 Å². The zero-order valence-corrected chi connectivity index (χ0v) is 10.8. The summed E-state index contributed by atoms with van der Waals surface area (Å²) in [5.41, 5.74) is 2.45. The van der Waals surface area contributed by atoms with Crippen molar-refractivity contribution < 1.29 is 4.74 Å². The number of hydrogen-bond acceptors (Lipinski definition) is 3. The van der Waals surface area contributed by atoms with Gasteiger partial charge in [-0.2, -0.15) is 0 Å². The summed E-state index contributed by atoms with van der Waals surface area (Å²) in [4.78, 5) is 4.40. The molecule has 1 saturated heterocycles. The fourth-order valence-corrected chi connectivity index (χ4v) is 2.60. The Hall–Kier alpha value is -0.930. The number of pyridine rings is 1. The maximum atomic E-state index is 5.61. The van der Waals surface area contributed by atoms with Crippen LogP contribution in [0.3, 0.4) is 0 Å². The van der Waals surface area contributed by atoms with E-state index in [1.807, 2.05) is 12.3 Å². The third-order valence-corrected chi connectivity index (χ3v) is 3.47. The summed E-state index contributed by atoms with van der Waals surface area (Å²) in [6.45, 7) is 7.01. The van der Waals surface area contributed by atoms with Crippen LogP contribution in [0.4, 0.5) is 0 Å². The molecule has 0 aromatic carbocycles. The number of aromatic nitrogens is 1. The van der Waals surface area contributed by atoms with Crippen molar-refractivity contribution in [3.05, 3.63) is 29.6 Å². The third kappa shape index (κ3) is 3.05. The average Bonchev–Trinajstić information content (AvgIpc) is 2.38. The lowest BCUT2D eigenvalue weighted by molar-refractivity contribution is 0.0391. The minimum absolute atomic E-state index is 0.383. The molecule has 0 spiro atoms. The predicted molar refractivity (Wildman–Crippen MR) is 68.9 cm³/mol. The standard InChI is InChI=1S/C14H22N2O/c1-3-15-14(12-6-5-9-17-10-12)13-7-4-8-16-11(13)2/h4,7-8,12,14-15H,3,5-6,9-10H2,1-2H3. The highest BCUT2D eigenvalue weighted by Crippen LogP contribution is 2.29. The molecule has 0 aliphatic carbocycles. The van der Waals surface area contributed by atoms with Crippen molar-refractivity contribution in [2.75, 3.05) is 19.8 Å². The van der Waals surface area contributed by atoms with Gasteiger partial charge in [0.15, 0.2) is 0 Å². The van der Waals surface area contributed by atoms with Crippen LogP contribution >= 0.6 is 0 Å². The van der Waals surface area contributed by atoms with Gasteiger partial charge in [-0.1, -0.05) is 13.0 Å². The Labute approximate surface area is 104 Å². The van der Waals surface area contributed by atoms with Gasteiger partial charge in [-0.25, -0.2) is 0 Å². The molecule has 0 saturated carbocycles. The van der Waals surface area contributed by atoms with Crippen LogP contribution in [0.25, 0.3) is 0 Å². The number of nitrogens with zero attached hydrogens (tertiary/aromatic N) is 1. The average molecular weight is 234 g/mol. The quantitative estimate of drug-likeness (QED) is 0.869. The van der Waals surface area contributed by atoms with E-state index in [-0.39, 0.29) is 0 Å². The Kier molecular flexibility index (Phi) is 4.51. The van der Waals surface area contributed by atoms with Crippen molar-refractivity contribution in [3.8, 4) is 0 Å². The molecule has 1 aliphatic rings. The first kappa shape index (κ1) is 12.5. The molecule has 3 nitrogen and oxygen atoms in total. The first-order valence-corrected chi connectivity index (χ1v) is 6.55. The Bertz CT molecular complexity index is 348. The summed E-state index contributed by atoms with van der Waals surface area (Å²) in [7, 11) is 0. The van der Waals surface area contributed by atoms with Crippen LogP contribution in [0.15, 0.2) is 18.3 Å². The molecule has 2 atom stereocenters. The summed E-state index contributed by atoms with van der Waals surface area (Å²) in [5.74, 6) is 0.576. The fourth-order valence-electron chi connectivity index (χ4n) is 2.60. The second kappa shape index (κ2) is 6.12. The summed E-state index contributed by atoms with van der Waals surface area (Å²) < 4.78 is 5.61. The molecule has 3 heteroatoms. The molecular formula is C14H22N2O. The molecule has 0 bridgehead atoms. The molecule has 0 radical (unpaired) electrons. The van der Waals surface area contributed by atoms with Gasteiger partial charge < -0.3 is 10.1 Å². The molecule has 0 amide bonds. The topological polar surface area (TPSA) is 34.2 Å². The molecule has 1 aliphatic heterocycles. The minimum atomic E-state index is 0.383. The number of hydrogen-bond donors (Lipinski definition) is 1. The Balaban J connectivity index is 2.18. The van der Waals surface area contributed by atoms with Crippen LogP contribution < -0.4 is 5.32 Å². The molecule has 2 heterocycles. The number of rotatable bonds is 4. The van der Waals surface area contributed by atoms with Gasteiger partial charge in [-0.3, -0.25) is 4.98 Å². The van der Waals surface area contributed by atoms with Crippen LogP contribution in [-0.4, -0.2) is 24.7 Å². The van der Waals surface area contributed by atoms with Crippen molar-refractivity contribution in [3.63, 3.8) is 0 Å². The Morgan fingerprint density at radius 3 is 3.12 bits per heavy atom. The molecule has 2 unspecified atom stereocenters. The lowest BCUT2D eigenvalue weighted by atomic mass is 9.88. The van der Waals surface area contributed by atoms with E-state index >= 15 is 0 Å². The Morgan fingerprint density at radius 2 is 2.47 bits per heavy atom. The summed E-state index contributed by atoms with van der Waals surface area (Å²) >= 11 is 0. The van der Waals surface area contributed by atoms with Crippen LogP contribution in [-0.2, 0) is 4.74 Å². The lowest BCUT2D eigenvalue weighted by Crippen LogP contribution is -2.33. The molecule has 1 fully saturated rings. The van der Waals surface area contributed by atoms with Crippen LogP contribution in [0.1, 0.15) is 37.1 Å². The van der Waals surface area contributed by atoms with Crippen LogP contribution in [0.5, 0.6) is 0 Å². The summed E-state index contributed by atoms with van der Waals surface area (Å²) in [6.07, 6.45) is 4.27. The third-order valence-electron chi connectivity index (χ3n) is 3.47. The van der Waals surface area contributed by atoms with E-state index in [0.717, 1.165) is 25.5 Å². The van der Waals surface area contributed by atoms with E-state index in [4.69, 9.17) is 4.74 Å². The monoisotopic (exact) mass is 234 g/mol. The van der Waals surface area contributed by atoms with Crippen LogP contribution in [0.2, 0.25) is 0 Å². The molecule has 94 valence electrons. The van der Waals surface area contributed by atoms with E-state index in [2.05, 4.69) is 30.2 Å². The van der Waals surface area contributed by atoms with Gasteiger partial charge in [0, 0.05) is 30.5 Å². The summed E-state index contributed by atoms with van der Waals surface area (Å²) in [5, 5.41) is 3.59. The largest absolute Gasteiger partial charge is 0.381 e. The van der Waals surface area contributed by atoms with Gasteiger partial charge in [0.1, 0.15) is 0 Å². The smallest absolute Gasteiger partial charge is 0.0512 e. The zero-order valence-electron chi connectivity index (χ0n) is 10.8. The second-order valence-corrected chi connectivity index (χ2v) is 4.69. The van der Waals surface area contributed by atoms with Crippen LogP contribution in [0, 0.1) is 12.8 Å². The number of aryl methyl sites for hydroxylation is 1. The number of ether oxygens (including phenoxy) is 1. The SMILES string of the molecule is CCNC(c1cccnc1C)C1CCCOC1.